The fourth-order valence-corrected chi connectivity index (χ4v) is 6.28. The summed E-state index contributed by atoms with van der Waals surface area (Å²) in [6, 6.07) is 17.1. The van der Waals surface area contributed by atoms with Crippen molar-refractivity contribution in [2.75, 3.05) is 27.7 Å². The van der Waals surface area contributed by atoms with Crippen LogP contribution in [0.3, 0.4) is 0 Å². The third-order valence-electron chi connectivity index (χ3n) is 7.61. The van der Waals surface area contributed by atoms with E-state index in [-0.39, 0.29) is 28.8 Å². The molecule has 10 nitrogen and oxygen atoms in total. The number of aromatic nitrogens is 1. The van der Waals surface area contributed by atoms with Crippen LogP contribution in [0.2, 0.25) is 0 Å². The fourth-order valence-electron chi connectivity index (χ4n) is 5.06. The van der Waals surface area contributed by atoms with Gasteiger partial charge >= 0.3 is 0 Å². The highest BCUT2D eigenvalue weighted by Gasteiger charge is 2.22. The third-order valence-corrected chi connectivity index (χ3v) is 9.10. The number of likely N-dealkylation sites (N-methyl/N-ethyl adjacent to an activating group) is 1. The molecule has 0 aliphatic heterocycles. The van der Waals surface area contributed by atoms with Crippen molar-refractivity contribution in [2.45, 2.75) is 45.1 Å². The van der Waals surface area contributed by atoms with Gasteiger partial charge in [0.05, 0.1) is 12.0 Å². The van der Waals surface area contributed by atoms with Gasteiger partial charge < -0.3 is 19.5 Å². The highest BCUT2D eigenvalue weighted by Crippen LogP contribution is 2.30. The van der Waals surface area contributed by atoms with E-state index < -0.39 is 15.9 Å². The lowest BCUT2D eigenvalue weighted by Gasteiger charge is -2.12. The van der Waals surface area contributed by atoms with Crippen LogP contribution >= 0.6 is 0 Å². The molecule has 0 fully saturated rings. The molecule has 11 heteroatoms. The van der Waals surface area contributed by atoms with Crippen molar-refractivity contribution in [2.24, 2.45) is 0 Å². The van der Waals surface area contributed by atoms with Crippen LogP contribution in [0.25, 0.3) is 17.0 Å². The van der Waals surface area contributed by atoms with Crippen molar-refractivity contribution in [3.8, 4) is 5.75 Å². The SMILES string of the molecule is CCCNC(=O)/C(C)=C/c1ccc2c(c1)c(Cc1ccc(C(=O)NS(=O)(=O)c3ccccc3C)cc1OC)cn2CC(=O)N(C)C. The maximum absolute atomic E-state index is 13.0. The van der Waals surface area contributed by atoms with Crippen molar-refractivity contribution < 1.29 is 27.5 Å². The highest BCUT2D eigenvalue weighted by atomic mass is 32.2. The van der Waals surface area contributed by atoms with E-state index >= 15 is 0 Å². The lowest BCUT2D eigenvalue weighted by molar-refractivity contribution is -0.129. The van der Waals surface area contributed by atoms with E-state index in [1.165, 1.54) is 24.1 Å². The zero-order valence-electron chi connectivity index (χ0n) is 27.0. The van der Waals surface area contributed by atoms with Gasteiger partial charge in [-0.2, -0.15) is 0 Å². The Labute approximate surface area is 270 Å². The Kier molecular flexibility index (Phi) is 10.7. The van der Waals surface area contributed by atoms with Crippen LogP contribution in [0.15, 0.2) is 77.3 Å². The first-order valence-corrected chi connectivity index (χ1v) is 16.4. The summed E-state index contributed by atoms with van der Waals surface area (Å²) in [5.74, 6) is -0.561. The van der Waals surface area contributed by atoms with E-state index in [0.29, 0.717) is 29.9 Å². The van der Waals surface area contributed by atoms with Crippen LogP contribution in [0.4, 0.5) is 0 Å². The van der Waals surface area contributed by atoms with E-state index in [1.54, 1.807) is 58.3 Å². The Balaban J connectivity index is 1.68. The van der Waals surface area contributed by atoms with Crippen molar-refractivity contribution >= 4 is 44.7 Å². The van der Waals surface area contributed by atoms with Gasteiger partial charge in [0.15, 0.2) is 0 Å². The summed E-state index contributed by atoms with van der Waals surface area (Å²) in [6.45, 7) is 6.17. The highest BCUT2D eigenvalue weighted by molar-refractivity contribution is 7.90. The van der Waals surface area contributed by atoms with Gasteiger partial charge in [0.2, 0.25) is 11.8 Å². The zero-order chi connectivity index (χ0) is 33.6. The van der Waals surface area contributed by atoms with Crippen molar-refractivity contribution in [1.82, 2.24) is 19.5 Å². The molecule has 2 N–H and O–H groups in total. The Morgan fingerprint density at radius 3 is 2.41 bits per heavy atom. The average Bonchev–Trinajstić information content (AvgIpc) is 3.35. The number of ether oxygens (including phenoxy) is 1. The normalized spacial score (nSPS) is 11.7. The molecule has 3 aromatic carbocycles. The first-order valence-electron chi connectivity index (χ1n) is 14.9. The van der Waals surface area contributed by atoms with E-state index in [1.807, 2.05) is 42.0 Å². The summed E-state index contributed by atoms with van der Waals surface area (Å²) in [5, 5.41) is 3.79. The van der Waals surface area contributed by atoms with Crippen LogP contribution in [-0.4, -0.2) is 63.4 Å². The molecule has 1 aromatic heterocycles. The first kappa shape index (κ1) is 34.0. The summed E-state index contributed by atoms with van der Waals surface area (Å²) in [7, 11) is 0.818. The van der Waals surface area contributed by atoms with Crippen molar-refractivity contribution in [1.29, 1.82) is 0 Å². The molecule has 0 saturated heterocycles. The molecule has 0 unspecified atom stereocenters. The van der Waals surface area contributed by atoms with Crippen molar-refractivity contribution in [3.63, 3.8) is 0 Å². The van der Waals surface area contributed by atoms with Gasteiger partial charge in [0.1, 0.15) is 12.3 Å². The number of carbonyl (C=O) groups is 3. The number of nitrogens with zero attached hydrogens (tertiary/aromatic N) is 2. The molecule has 0 atom stereocenters. The van der Waals surface area contributed by atoms with Gasteiger partial charge in [-0.3, -0.25) is 14.4 Å². The summed E-state index contributed by atoms with van der Waals surface area (Å²) in [6.07, 6.45) is 5.00. The fraction of sp³-hybridized carbons (Fsp3) is 0.286. The topological polar surface area (TPSA) is 127 Å². The minimum absolute atomic E-state index is 0.0297. The van der Waals surface area contributed by atoms with Crippen LogP contribution in [-0.2, 0) is 32.6 Å². The minimum Gasteiger partial charge on any atom is -0.496 e. The maximum atomic E-state index is 13.0. The summed E-state index contributed by atoms with van der Waals surface area (Å²) >= 11 is 0. The van der Waals surface area contributed by atoms with Crippen LogP contribution in [0, 0.1) is 6.92 Å². The summed E-state index contributed by atoms with van der Waals surface area (Å²) in [5.41, 5.74) is 4.58. The molecule has 0 aliphatic carbocycles. The van der Waals surface area contributed by atoms with Gasteiger partial charge in [-0.15, -0.1) is 0 Å². The predicted molar refractivity (Wildman–Crippen MR) is 179 cm³/mol. The zero-order valence-corrected chi connectivity index (χ0v) is 27.8. The Bertz CT molecular complexity index is 1920. The molecule has 46 heavy (non-hydrogen) atoms. The monoisotopic (exact) mass is 644 g/mol. The minimum atomic E-state index is -4.08. The molecule has 1 heterocycles. The second kappa shape index (κ2) is 14.5. The van der Waals surface area contributed by atoms with E-state index in [0.717, 1.165) is 34.0 Å². The van der Waals surface area contributed by atoms with Crippen LogP contribution in [0.5, 0.6) is 5.75 Å². The largest absolute Gasteiger partial charge is 0.496 e. The number of methoxy groups -OCH3 is 1. The van der Waals surface area contributed by atoms with Gasteiger partial charge in [-0.25, -0.2) is 13.1 Å². The lowest BCUT2D eigenvalue weighted by Crippen LogP contribution is -2.31. The van der Waals surface area contributed by atoms with Gasteiger partial charge in [0, 0.05) is 55.3 Å². The van der Waals surface area contributed by atoms with Crippen LogP contribution < -0.4 is 14.8 Å². The Morgan fingerprint density at radius 2 is 1.74 bits per heavy atom. The standard InChI is InChI=1S/C35H40N4O6S/c1-7-16-36-34(41)24(3)17-25-12-15-30-29(18-25)28(21-39(30)22-33(40)38(4)5)19-26-13-14-27(20-31(26)45-6)35(42)37-46(43,44)32-11-9-8-10-23(32)2/h8-15,17-18,20-21H,7,16,19,22H2,1-6H3,(H,36,41)(H,37,42)/b24-17+. The number of carbonyl (C=O) groups excluding carboxylic acids is 3. The molecule has 0 aliphatic rings. The molecule has 0 saturated carbocycles. The first-order chi connectivity index (χ1) is 21.8. The number of nitrogens with one attached hydrogen (secondary N) is 2. The molecule has 0 spiro atoms. The number of hydrogen-bond donors (Lipinski definition) is 2. The van der Waals surface area contributed by atoms with Gasteiger partial charge in [-0.1, -0.05) is 37.3 Å². The molecule has 3 amide bonds. The number of benzene rings is 3. The van der Waals surface area contributed by atoms with Gasteiger partial charge in [0.25, 0.3) is 15.9 Å². The number of fused-ring (bicyclic) bond motifs is 1. The van der Waals surface area contributed by atoms with Crippen LogP contribution in [0.1, 0.15) is 52.9 Å². The molecule has 242 valence electrons. The van der Waals surface area contributed by atoms with E-state index in [4.69, 9.17) is 4.74 Å². The van der Waals surface area contributed by atoms with E-state index in [2.05, 4.69) is 10.0 Å². The second-order valence-corrected chi connectivity index (χ2v) is 13.0. The average molecular weight is 645 g/mol. The number of aryl methyl sites for hydroxylation is 1. The number of rotatable bonds is 12. The molecule has 4 aromatic rings. The smallest absolute Gasteiger partial charge is 0.265 e. The summed E-state index contributed by atoms with van der Waals surface area (Å²) < 4.78 is 35.5. The molecule has 4 rings (SSSR count). The third kappa shape index (κ3) is 7.84. The molecular formula is C35H40N4O6S. The lowest BCUT2D eigenvalue weighted by atomic mass is 10.00. The molecule has 0 bridgehead atoms. The molecule has 0 radical (unpaired) electrons. The molecular weight excluding hydrogens is 604 g/mol. The number of amides is 3. The predicted octanol–water partition coefficient (Wildman–Crippen LogP) is 4.69. The second-order valence-electron chi connectivity index (χ2n) is 11.3. The maximum Gasteiger partial charge on any atom is 0.265 e. The van der Waals surface area contributed by atoms with Gasteiger partial charge in [-0.05, 0) is 78.9 Å². The number of sulfonamides is 1. The quantitative estimate of drug-likeness (QED) is 0.216. The van der Waals surface area contributed by atoms with E-state index in [9.17, 15) is 22.8 Å². The van der Waals surface area contributed by atoms with Crippen molar-refractivity contribution in [3.05, 3.63) is 100 Å². The number of hydrogen-bond acceptors (Lipinski definition) is 6. The summed E-state index contributed by atoms with van der Waals surface area (Å²) in [4.78, 5) is 39.7. The Hall–Kier alpha value is -4.90. The Morgan fingerprint density at radius 1 is 1.00 bits per heavy atom.